The first kappa shape index (κ1) is 74.9. The molecule has 8 rings (SSSR count). The standard InChI is InChI=1S/C59H76ClN3O16S4.3Na/c1-58(30-5-9-40-80(65,66)67)50(62-34-12-16-42-20-26-48(82(71,72)73)52(58)54(42)62)28-22-44-14-11-15-45(56(44)79-47-24-18-46(19-25-47)57(64)61-33-37-78-39-38-77-36-8-4-3-7-32-60)23-29-51-59(2,31-6-10-41-81(68,69)70)53-49(83(74,75)76)27-21-43-17-13-35-63(51)55(43)53;;;/h18-29H,3-17,30-41H2,1-2H3,(H4-,61,64,65,66,67,68,69,70,71,72,73,74,75,76);;;/q;3*+1/p-3. The Bertz CT molecular complexity index is 3560. The minimum atomic E-state index is -5.00. The van der Waals surface area contributed by atoms with Crippen LogP contribution in [0.1, 0.15) is 143 Å². The molecule has 0 fully saturated rings. The molecule has 0 radical (unpaired) electrons. The molecule has 2 atom stereocenters. The normalized spacial score (nSPS) is 20.2. The van der Waals surface area contributed by atoms with Crippen LogP contribution in [0.2, 0.25) is 0 Å². The zero-order valence-corrected chi connectivity index (χ0v) is 60.0. The minimum absolute atomic E-state index is 0. The van der Waals surface area contributed by atoms with Gasteiger partial charge in [0.1, 0.15) is 38.3 Å². The number of rotatable bonds is 30. The van der Waals surface area contributed by atoms with E-state index in [2.05, 4.69) is 5.32 Å². The van der Waals surface area contributed by atoms with E-state index >= 15 is 0 Å². The molecule has 1 N–H and O–H groups in total. The van der Waals surface area contributed by atoms with Gasteiger partial charge in [-0.15, -0.1) is 11.6 Å². The average Bonchev–Trinajstić information content (AvgIpc) is 1.66. The number of aryl methyl sites for hydroxylation is 2. The molecule has 19 nitrogen and oxygen atoms in total. The molecule has 3 aromatic rings. The van der Waals surface area contributed by atoms with Gasteiger partial charge >= 0.3 is 88.7 Å². The summed E-state index contributed by atoms with van der Waals surface area (Å²) in [7, 11) is -19.1. The van der Waals surface area contributed by atoms with E-state index in [4.69, 9.17) is 25.8 Å². The third-order valence-electron chi connectivity index (χ3n) is 16.4. The molecule has 0 saturated carbocycles. The molecule has 86 heavy (non-hydrogen) atoms. The van der Waals surface area contributed by atoms with E-state index in [0.717, 1.165) is 48.0 Å². The Morgan fingerprint density at radius 1 is 0.651 bits per heavy atom. The van der Waals surface area contributed by atoms with Crippen LogP contribution in [0.25, 0.3) is 0 Å². The molecule has 0 bridgehead atoms. The first-order valence-corrected chi connectivity index (χ1v) is 35.0. The number of anilines is 1. The van der Waals surface area contributed by atoms with Crippen LogP contribution in [-0.4, -0.2) is 132 Å². The Kier molecular flexibility index (Phi) is 28.5. The maximum Gasteiger partial charge on any atom is 1.00 e. The van der Waals surface area contributed by atoms with Crippen molar-refractivity contribution in [2.45, 2.75) is 144 Å². The van der Waals surface area contributed by atoms with Crippen molar-refractivity contribution in [2.75, 3.05) is 68.3 Å². The van der Waals surface area contributed by atoms with Crippen LogP contribution in [0.4, 0.5) is 11.4 Å². The summed E-state index contributed by atoms with van der Waals surface area (Å²) in [5.74, 6) is -0.0582. The van der Waals surface area contributed by atoms with Crippen molar-refractivity contribution in [3.8, 4) is 5.75 Å². The largest absolute Gasteiger partial charge is 1.00 e. The number of carbonyl (C=O) groups excluding carboxylic acids is 1. The number of allylic oxidation sites excluding steroid dienone is 7. The summed E-state index contributed by atoms with van der Waals surface area (Å²) in [5, 5.41) is 2.87. The summed E-state index contributed by atoms with van der Waals surface area (Å²) in [6.07, 6.45) is 16.9. The predicted octanol–water partition coefficient (Wildman–Crippen LogP) is -0.590. The van der Waals surface area contributed by atoms with Crippen LogP contribution >= 0.6 is 11.6 Å². The van der Waals surface area contributed by atoms with Gasteiger partial charge in [0.25, 0.3) is 5.91 Å². The maximum atomic E-state index is 13.3. The fourth-order valence-corrected chi connectivity index (χ4v) is 15.4. The summed E-state index contributed by atoms with van der Waals surface area (Å²) in [6, 6.07) is 12.6. The quantitative estimate of drug-likeness (QED) is 0.0287. The van der Waals surface area contributed by atoms with Crippen molar-refractivity contribution >= 4 is 75.1 Å². The van der Waals surface area contributed by atoms with Gasteiger partial charge in [-0.3, -0.25) is 4.79 Å². The molecule has 4 heterocycles. The van der Waals surface area contributed by atoms with Gasteiger partial charge < -0.3 is 42.6 Å². The molecular weight excluding hydrogens is 1240 g/mol. The second-order valence-electron chi connectivity index (χ2n) is 22.3. The number of ether oxygens (including phenoxy) is 3. The van der Waals surface area contributed by atoms with E-state index in [0.29, 0.717) is 135 Å². The number of amides is 1. The number of halogens is 1. The van der Waals surface area contributed by atoms with Crippen molar-refractivity contribution < 1.29 is 164 Å². The molecule has 27 heteroatoms. The summed E-state index contributed by atoms with van der Waals surface area (Å²) < 4.78 is 169. The number of benzene rings is 3. The Hall–Kier alpha value is -1.79. The SMILES string of the molecule is CC1(CCCCS(=O)(=O)[O-])C(/C=C/C2=C(Oc3ccc(C(=O)NCCOCCOCCCCCCCl)cc3)C(=C/C=C3/N4CCCc5ccc(S(=O)(=O)[O-])c(c54)C3(C)CCCCS(=O)(=O)[O-])/CCC2)=[N+]2CCCc3ccc(S(=O)(=O)[O-])c1c32.[Na+].[Na+].[Na+]. The molecule has 1 amide bonds. The Morgan fingerprint density at radius 3 is 1.90 bits per heavy atom. The topological polar surface area (TPSA) is 292 Å². The number of carbonyl (C=O) groups is 1. The first-order valence-electron chi connectivity index (χ1n) is 28.5. The molecule has 0 aromatic heterocycles. The maximum absolute atomic E-state index is 13.3. The average molecular weight is 1310 g/mol. The number of nitrogens with zero attached hydrogens (tertiary/aromatic N) is 2. The van der Waals surface area contributed by atoms with Gasteiger partial charge in [0, 0.05) is 83.1 Å². The van der Waals surface area contributed by atoms with Gasteiger partial charge in [-0.1, -0.05) is 43.9 Å². The number of nitrogens with one attached hydrogen (secondary N) is 1. The Balaban J connectivity index is 0.00000450. The summed E-state index contributed by atoms with van der Waals surface area (Å²) >= 11 is 5.74. The van der Waals surface area contributed by atoms with Gasteiger partial charge in [-0.25, -0.2) is 33.7 Å². The first-order chi connectivity index (χ1) is 39.3. The van der Waals surface area contributed by atoms with Crippen LogP contribution in [-0.2, 0) is 73.6 Å². The summed E-state index contributed by atoms with van der Waals surface area (Å²) in [5.41, 5.74) is 4.54. The van der Waals surface area contributed by atoms with E-state index < -0.39 is 62.8 Å². The minimum Gasteiger partial charge on any atom is -0.748 e. The molecule has 4 aliphatic heterocycles. The molecule has 2 unspecified atom stereocenters. The van der Waals surface area contributed by atoms with E-state index in [1.54, 1.807) is 36.4 Å². The molecule has 5 aliphatic rings. The predicted molar refractivity (Wildman–Crippen MR) is 311 cm³/mol. The molecule has 3 aromatic carbocycles. The Labute approximate surface area is 579 Å². The molecule has 0 saturated heterocycles. The number of unbranched alkanes of at least 4 members (excludes halogenated alkanes) is 5. The van der Waals surface area contributed by atoms with Gasteiger partial charge in [-0.05, 0) is 156 Å². The zero-order valence-electron chi connectivity index (χ0n) is 50.0. The smallest absolute Gasteiger partial charge is 0.748 e. The third kappa shape index (κ3) is 18.7. The van der Waals surface area contributed by atoms with Crippen LogP contribution in [0, 0.1) is 0 Å². The van der Waals surface area contributed by atoms with Crippen LogP contribution in [0.5, 0.6) is 5.75 Å². The van der Waals surface area contributed by atoms with E-state index in [-0.39, 0.29) is 156 Å². The van der Waals surface area contributed by atoms with Crippen molar-refractivity contribution in [1.82, 2.24) is 5.32 Å². The Morgan fingerprint density at radius 2 is 1.26 bits per heavy atom. The number of hydrogen-bond donors (Lipinski definition) is 1. The van der Waals surface area contributed by atoms with Crippen LogP contribution in [0.15, 0.2) is 105 Å². The van der Waals surface area contributed by atoms with Crippen molar-refractivity contribution in [3.63, 3.8) is 0 Å². The van der Waals surface area contributed by atoms with Crippen molar-refractivity contribution in [1.29, 1.82) is 0 Å². The monoisotopic (exact) mass is 1310 g/mol. The van der Waals surface area contributed by atoms with Gasteiger partial charge in [0.15, 0.2) is 5.71 Å². The number of hydrogen-bond acceptors (Lipinski definition) is 17. The summed E-state index contributed by atoms with van der Waals surface area (Å²) in [4.78, 5) is 14.6. The zero-order chi connectivity index (χ0) is 59.8. The van der Waals surface area contributed by atoms with Crippen LogP contribution < -0.4 is 104 Å². The van der Waals surface area contributed by atoms with Crippen LogP contribution in [0.3, 0.4) is 0 Å². The fourth-order valence-electron chi connectivity index (χ4n) is 12.5. The summed E-state index contributed by atoms with van der Waals surface area (Å²) in [6.45, 7) is 6.68. The van der Waals surface area contributed by atoms with E-state index in [1.165, 1.54) is 12.1 Å². The van der Waals surface area contributed by atoms with Gasteiger partial charge in [0.05, 0.1) is 60.8 Å². The van der Waals surface area contributed by atoms with E-state index in [9.17, 15) is 56.7 Å². The van der Waals surface area contributed by atoms with E-state index in [1.807, 2.05) is 47.6 Å². The molecule has 1 aliphatic carbocycles. The number of alkyl halides is 1. The third-order valence-corrected chi connectivity index (χ3v) is 20.0. The second-order valence-corrected chi connectivity index (χ2v) is 28.4. The fraction of sp³-hybridized carbons (Fsp3) is 0.525. The van der Waals surface area contributed by atoms with Crippen molar-refractivity contribution in [2.24, 2.45) is 0 Å². The molecular formula is C59H73ClN3Na3O16S4. The second kappa shape index (κ2) is 32.7. The molecule has 454 valence electrons. The van der Waals surface area contributed by atoms with Crippen molar-refractivity contribution in [3.05, 3.63) is 123 Å². The van der Waals surface area contributed by atoms with Gasteiger partial charge in [0.2, 0.25) is 5.69 Å². The van der Waals surface area contributed by atoms with Gasteiger partial charge in [-0.2, -0.15) is 4.58 Å². The molecule has 0 spiro atoms.